The zero-order valence-corrected chi connectivity index (χ0v) is 26.2. The molecule has 0 fully saturated rings. The lowest BCUT2D eigenvalue weighted by Crippen LogP contribution is -2.53. The van der Waals surface area contributed by atoms with Crippen LogP contribution in [0.15, 0.2) is 101 Å². The summed E-state index contributed by atoms with van der Waals surface area (Å²) in [5.41, 5.74) is 16.8. The lowest BCUT2D eigenvalue weighted by Gasteiger charge is -2.31. The molecule has 3 N–H and O–H groups in total. The number of hydrogen-bond acceptors (Lipinski definition) is 10. The molecule has 1 amide bonds. The van der Waals surface area contributed by atoms with Gasteiger partial charge in [-0.05, 0) is 70.8 Å². The molecule has 6 rings (SSSR count). The van der Waals surface area contributed by atoms with E-state index in [1.807, 2.05) is 42.5 Å². The van der Waals surface area contributed by atoms with E-state index in [0.29, 0.717) is 58.4 Å². The zero-order valence-electron chi connectivity index (χ0n) is 26.2. The van der Waals surface area contributed by atoms with E-state index in [1.54, 1.807) is 55.6 Å². The largest absolute Gasteiger partial charge is 0.497 e. The molecule has 246 valence electrons. The minimum atomic E-state index is -1.57. The van der Waals surface area contributed by atoms with Gasteiger partial charge in [0.15, 0.2) is 23.1 Å². The Morgan fingerprint density at radius 1 is 1.04 bits per heavy atom. The van der Waals surface area contributed by atoms with Gasteiger partial charge in [-0.15, -0.1) is 0 Å². The molecule has 2 aliphatic rings. The van der Waals surface area contributed by atoms with Crippen molar-refractivity contribution < 1.29 is 33.6 Å². The smallest absolute Gasteiger partial charge is 0.266 e. The van der Waals surface area contributed by atoms with E-state index >= 15 is 0 Å². The van der Waals surface area contributed by atoms with Gasteiger partial charge in [0.25, 0.3) is 5.91 Å². The van der Waals surface area contributed by atoms with Crippen molar-refractivity contribution in [1.29, 1.82) is 0 Å². The molecule has 2 atom stereocenters. The van der Waals surface area contributed by atoms with Gasteiger partial charge in [-0.1, -0.05) is 47.6 Å². The van der Waals surface area contributed by atoms with Crippen LogP contribution in [0.25, 0.3) is 10.4 Å². The number of methoxy groups -OCH3 is 1. The summed E-state index contributed by atoms with van der Waals surface area (Å²) < 4.78 is 28.7. The molecular formula is C35H34N6O7. The maximum atomic E-state index is 14.6. The van der Waals surface area contributed by atoms with E-state index in [2.05, 4.69) is 20.9 Å². The summed E-state index contributed by atoms with van der Waals surface area (Å²) in [5, 5.41) is 13.0. The molecule has 4 aromatic rings. The average molecular weight is 651 g/mol. The number of carbonyl (C=O) groups excluding carboxylic acids is 1. The summed E-state index contributed by atoms with van der Waals surface area (Å²) in [4.78, 5) is 22.6. The number of ether oxygens (including phenoxy) is 5. The molecule has 13 nitrogen and oxygen atoms in total. The Labute approximate surface area is 276 Å². The van der Waals surface area contributed by atoms with Crippen LogP contribution < -0.4 is 29.8 Å². The topological polar surface area (TPSA) is 169 Å². The second kappa shape index (κ2) is 14.8. The van der Waals surface area contributed by atoms with Gasteiger partial charge in [-0.25, -0.2) is 10.4 Å². The molecule has 13 heteroatoms. The first-order valence-corrected chi connectivity index (χ1v) is 15.3. The molecule has 0 bridgehead atoms. The van der Waals surface area contributed by atoms with E-state index in [9.17, 15) is 10.3 Å². The van der Waals surface area contributed by atoms with Gasteiger partial charge in [-0.3, -0.25) is 10.2 Å². The minimum absolute atomic E-state index is 0.0346. The Balaban J connectivity index is 1.38. The monoisotopic (exact) mass is 650 g/mol. The maximum absolute atomic E-state index is 14.6. The van der Waals surface area contributed by atoms with Gasteiger partial charge in [-0.2, -0.15) is 0 Å². The summed E-state index contributed by atoms with van der Waals surface area (Å²) in [6.07, 6.45) is -0.361. The van der Waals surface area contributed by atoms with Gasteiger partial charge in [0, 0.05) is 42.2 Å². The van der Waals surface area contributed by atoms with Crippen molar-refractivity contribution >= 4 is 17.5 Å². The number of aliphatic hydroxyl groups excluding tert-OH is 1. The molecule has 48 heavy (non-hydrogen) atoms. The van der Waals surface area contributed by atoms with Crippen molar-refractivity contribution in [2.75, 3.05) is 27.1 Å². The van der Waals surface area contributed by atoms with Gasteiger partial charge < -0.3 is 28.8 Å². The highest BCUT2D eigenvalue weighted by Crippen LogP contribution is 2.44. The Morgan fingerprint density at radius 3 is 2.69 bits per heavy atom. The van der Waals surface area contributed by atoms with Crippen LogP contribution in [-0.4, -0.2) is 49.6 Å². The third-order valence-corrected chi connectivity index (χ3v) is 7.96. The van der Waals surface area contributed by atoms with Crippen LogP contribution >= 0.6 is 0 Å². The zero-order chi connectivity index (χ0) is 33.3. The number of nitrogens with one attached hydrogen (secondary N) is 2. The Bertz CT molecular complexity index is 1840. The van der Waals surface area contributed by atoms with Crippen LogP contribution in [0.4, 0.5) is 5.69 Å². The normalized spacial score (nSPS) is 17.5. The quantitative estimate of drug-likeness (QED) is 0.0532. The highest BCUT2D eigenvalue weighted by molar-refractivity contribution is 6.01. The fourth-order valence-electron chi connectivity index (χ4n) is 5.57. The van der Waals surface area contributed by atoms with E-state index in [1.165, 1.54) is 0 Å². The molecule has 0 radical (unpaired) electrons. The molecule has 0 saturated carbocycles. The first-order valence-electron chi connectivity index (χ1n) is 15.3. The third-order valence-electron chi connectivity index (χ3n) is 7.96. The van der Waals surface area contributed by atoms with Crippen molar-refractivity contribution in [3.05, 3.63) is 124 Å². The molecule has 0 spiro atoms. The number of rotatable bonds is 14. The average Bonchev–Trinajstić information content (AvgIpc) is 3.75. The number of aliphatic hydroxyl groups is 1. The van der Waals surface area contributed by atoms with Gasteiger partial charge >= 0.3 is 0 Å². The maximum Gasteiger partial charge on any atom is 0.266 e. The SMILES string of the molecule is COc1cccc([C@@H]2OC(c3ccc(OCCCO)cc3)=N[C@]2(Cc2ccccc2N=[N+]=[N-])C(=O)NNCc2ccc3c(c2)OCO3)c1. The summed E-state index contributed by atoms with van der Waals surface area (Å²) in [7, 11) is 1.57. The predicted molar refractivity (Wildman–Crippen MR) is 176 cm³/mol. The fourth-order valence-corrected chi connectivity index (χ4v) is 5.57. The van der Waals surface area contributed by atoms with Crippen LogP contribution in [-0.2, 0) is 22.5 Å². The van der Waals surface area contributed by atoms with Crippen molar-refractivity contribution in [1.82, 2.24) is 10.9 Å². The number of amides is 1. The fraction of sp³-hybridized carbons (Fsp3) is 0.257. The number of aliphatic imine (C=N–C) groups is 1. The Hall–Kier alpha value is -5.75. The van der Waals surface area contributed by atoms with Crippen LogP contribution in [0, 0.1) is 0 Å². The number of nitrogens with zero attached hydrogens (tertiary/aromatic N) is 4. The van der Waals surface area contributed by atoms with Crippen LogP contribution in [0.3, 0.4) is 0 Å². The molecule has 0 saturated heterocycles. The van der Waals surface area contributed by atoms with Crippen LogP contribution in [0.2, 0.25) is 0 Å². The number of azide groups is 1. The first kappa shape index (κ1) is 32.2. The third kappa shape index (κ3) is 6.98. The number of hydrogen-bond donors (Lipinski definition) is 3. The van der Waals surface area contributed by atoms with Crippen molar-refractivity contribution in [2.24, 2.45) is 10.1 Å². The molecule has 0 aliphatic carbocycles. The van der Waals surface area contributed by atoms with Crippen molar-refractivity contribution in [3.8, 4) is 23.0 Å². The number of hydrazine groups is 1. The summed E-state index contributed by atoms with van der Waals surface area (Å²) in [6, 6.07) is 27.1. The van der Waals surface area contributed by atoms with Crippen LogP contribution in [0.5, 0.6) is 23.0 Å². The molecule has 0 unspecified atom stereocenters. The highest BCUT2D eigenvalue weighted by Gasteiger charge is 2.53. The Morgan fingerprint density at radius 2 is 1.88 bits per heavy atom. The molecule has 2 aliphatic heterocycles. The molecule has 0 aromatic heterocycles. The standard InChI is InChI=1S/C35H34N6O7/c1-44-28-8-4-7-25(19-28)32-35(20-26-6-2-3-9-29(26)39-41-36,34(43)40-37-21-23-10-15-30-31(18-23)47-22-46-30)38-33(48-32)24-11-13-27(14-12-24)45-17-5-16-42/h2-4,6-15,18-19,32,37,42H,5,16-17,20-22H2,1H3,(H,40,43)/t32-,35-/m0/s1. The van der Waals surface area contributed by atoms with Gasteiger partial charge in [0.05, 0.1) is 13.7 Å². The summed E-state index contributed by atoms with van der Waals surface area (Å²) >= 11 is 0. The second-order valence-electron chi connectivity index (χ2n) is 11.1. The summed E-state index contributed by atoms with van der Waals surface area (Å²) in [6.45, 7) is 0.853. The van der Waals surface area contributed by atoms with Crippen molar-refractivity contribution in [3.63, 3.8) is 0 Å². The van der Waals surface area contributed by atoms with Crippen LogP contribution in [0.1, 0.15) is 34.8 Å². The van der Waals surface area contributed by atoms with E-state index in [4.69, 9.17) is 33.8 Å². The number of benzene rings is 4. The first-order chi connectivity index (χ1) is 23.5. The lowest BCUT2D eigenvalue weighted by molar-refractivity contribution is -0.130. The Kier molecular flexibility index (Phi) is 9.91. The highest BCUT2D eigenvalue weighted by atomic mass is 16.7. The number of fused-ring (bicyclic) bond motifs is 1. The minimum Gasteiger partial charge on any atom is -0.497 e. The van der Waals surface area contributed by atoms with E-state index in [-0.39, 0.29) is 32.3 Å². The molecular weight excluding hydrogens is 616 g/mol. The van der Waals surface area contributed by atoms with Crippen molar-refractivity contribution in [2.45, 2.75) is 31.0 Å². The van der Waals surface area contributed by atoms with E-state index in [0.717, 1.165) is 5.56 Å². The van der Waals surface area contributed by atoms with Gasteiger partial charge in [0.2, 0.25) is 12.7 Å². The number of carbonyl (C=O) groups is 1. The predicted octanol–water partition coefficient (Wildman–Crippen LogP) is 5.45. The summed E-state index contributed by atoms with van der Waals surface area (Å²) in [5.74, 6) is 2.28. The molecule has 2 heterocycles. The van der Waals surface area contributed by atoms with Gasteiger partial charge in [0.1, 0.15) is 11.5 Å². The second-order valence-corrected chi connectivity index (χ2v) is 11.1. The lowest BCUT2D eigenvalue weighted by atomic mass is 9.81. The van der Waals surface area contributed by atoms with E-state index < -0.39 is 17.6 Å². The molecule has 4 aromatic carbocycles.